The lowest BCUT2D eigenvalue weighted by atomic mass is 10.1. The van der Waals surface area contributed by atoms with Gasteiger partial charge in [0.1, 0.15) is 12.7 Å². The van der Waals surface area contributed by atoms with Gasteiger partial charge in [-0.1, -0.05) is 0 Å². The predicted molar refractivity (Wildman–Crippen MR) is 108 cm³/mol. The van der Waals surface area contributed by atoms with Crippen molar-refractivity contribution in [3.05, 3.63) is 6.33 Å². The van der Waals surface area contributed by atoms with Gasteiger partial charge in [0.25, 0.3) is 0 Å². The Balaban J connectivity index is 2.09. The van der Waals surface area contributed by atoms with Crippen LogP contribution in [0.4, 0.5) is 5.95 Å². The molecule has 1 fully saturated rings. The SMILES string of the molecule is COc1nc(NC(C)=O)nc2c1ncn2[C@H]1O[C@@H](COC(C)=O)[C@H](OC(C)=O)[C@@H]1OC(C)=O. The molecule has 3 rings (SSSR count). The van der Waals surface area contributed by atoms with Crippen LogP contribution >= 0.6 is 0 Å². The lowest BCUT2D eigenvalue weighted by molar-refractivity contribution is -0.166. The lowest BCUT2D eigenvalue weighted by Crippen LogP contribution is -2.40. The molecule has 0 spiro atoms. The van der Waals surface area contributed by atoms with E-state index in [1.807, 2.05) is 0 Å². The van der Waals surface area contributed by atoms with E-state index < -0.39 is 48.4 Å². The van der Waals surface area contributed by atoms with Crippen molar-refractivity contribution in [1.82, 2.24) is 19.5 Å². The number of carbonyl (C=O) groups excluding carboxylic acids is 4. The van der Waals surface area contributed by atoms with Crippen molar-refractivity contribution in [1.29, 1.82) is 0 Å². The highest BCUT2D eigenvalue weighted by atomic mass is 16.7. The molecule has 0 aromatic carbocycles. The number of aromatic nitrogens is 4. The molecule has 1 aliphatic heterocycles. The second kappa shape index (κ2) is 9.77. The molecule has 2 aromatic heterocycles. The number of nitrogens with one attached hydrogen (secondary N) is 1. The fourth-order valence-electron chi connectivity index (χ4n) is 3.35. The summed E-state index contributed by atoms with van der Waals surface area (Å²) in [7, 11) is 1.37. The van der Waals surface area contributed by atoms with Crippen LogP contribution in [0.5, 0.6) is 5.88 Å². The molecular formula is C19H23N5O9. The molecule has 1 amide bonds. The Kier molecular flexibility index (Phi) is 7.06. The molecule has 1 N–H and O–H groups in total. The summed E-state index contributed by atoms with van der Waals surface area (Å²) < 4.78 is 28.5. The van der Waals surface area contributed by atoms with Crippen LogP contribution < -0.4 is 10.1 Å². The molecule has 1 aliphatic rings. The summed E-state index contributed by atoms with van der Waals surface area (Å²) in [5, 5.41) is 2.46. The number of nitrogens with zero attached hydrogens (tertiary/aromatic N) is 4. The Morgan fingerprint density at radius 1 is 1.03 bits per heavy atom. The Labute approximate surface area is 187 Å². The molecule has 0 aliphatic carbocycles. The van der Waals surface area contributed by atoms with E-state index in [1.165, 1.54) is 45.7 Å². The van der Waals surface area contributed by atoms with Crippen molar-refractivity contribution in [3.63, 3.8) is 0 Å². The summed E-state index contributed by atoms with van der Waals surface area (Å²) in [5.41, 5.74) is 0.423. The first-order valence-electron chi connectivity index (χ1n) is 9.80. The van der Waals surface area contributed by atoms with Crippen molar-refractivity contribution in [3.8, 4) is 5.88 Å². The van der Waals surface area contributed by atoms with E-state index in [0.717, 1.165) is 0 Å². The van der Waals surface area contributed by atoms with Gasteiger partial charge in [0, 0.05) is 27.7 Å². The number of hydrogen-bond acceptors (Lipinski definition) is 12. The van der Waals surface area contributed by atoms with Crippen LogP contribution in [0.25, 0.3) is 11.2 Å². The van der Waals surface area contributed by atoms with Crippen LogP contribution in [0.1, 0.15) is 33.9 Å². The third kappa shape index (κ3) is 5.34. The van der Waals surface area contributed by atoms with Crippen molar-refractivity contribution in [2.45, 2.75) is 52.2 Å². The molecular weight excluding hydrogens is 442 g/mol. The van der Waals surface area contributed by atoms with Gasteiger partial charge in [0.2, 0.25) is 17.7 Å². The van der Waals surface area contributed by atoms with Gasteiger partial charge in [0.15, 0.2) is 29.6 Å². The Hall–Kier alpha value is -3.81. The molecule has 4 atom stereocenters. The summed E-state index contributed by atoms with van der Waals surface area (Å²) in [6, 6.07) is 0. The zero-order valence-corrected chi connectivity index (χ0v) is 18.6. The van der Waals surface area contributed by atoms with E-state index in [0.29, 0.717) is 0 Å². The molecule has 0 radical (unpaired) electrons. The molecule has 2 aromatic rings. The molecule has 178 valence electrons. The van der Waals surface area contributed by atoms with Gasteiger partial charge in [-0.15, -0.1) is 0 Å². The maximum atomic E-state index is 11.8. The Morgan fingerprint density at radius 2 is 1.70 bits per heavy atom. The standard InChI is InChI=1S/C19H23N5O9/c1-8(25)21-19-22-16-13(17(23-19)29-5)20-7-24(16)18-15(32-11(4)28)14(31-10(3)27)12(33-18)6-30-9(2)26/h7,12,14-15,18H,6H2,1-5H3,(H,21,22,23,25)/t12-,14-,15-,18-/m0/s1. The van der Waals surface area contributed by atoms with Crippen LogP contribution in [0.3, 0.4) is 0 Å². The van der Waals surface area contributed by atoms with Crippen molar-refractivity contribution < 1.29 is 42.9 Å². The largest absolute Gasteiger partial charge is 0.479 e. The van der Waals surface area contributed by atoms with E-state index in [9.17, 15) is 19.2 Å². The maximum Gasteiger partial charge on any atom is 0.303 e. The summed E-state index contributed by atoms with van der Waals surface area (Å²) in [5.74, 6) is -2.26. The van der Waals surface area contributed by atoms with Crippen molar-refractivity contribution in [2.24, 2.45) is 0 Å². The lowest BCUT2D eigenvalue weighted by Gasteiger charge is -2.23. The van der Waals surface area contributed by atoms with E-state index in [1.54, 1.807) is 0 Å². The van der Waals surface area contributed by atoms with Crippen LogP contribution in [0.15, 0.2) is 6.33 Å². The predicted octanol–water partition coefficient (Wildman–Crippen LogP) is 0.117. The highest BCUT2D eigenvalue weighted by Crippen LogP contribution is 2.37. The number of amides is 1. The fourth-order valence-corrected chi connectivity index (χ4v) is 3.35. The van der Waals surface area contributed by atoms with Crippen LogP contribution in [0, 0.1) is 0 Å². The van der Waals surface area contributed by atoms with E-state index in [2.05, 4.69) is 20.3 Å². The molecule has 14 heteroatoms. The van der Waals surface area contributed by atoms with Crippen molar-refractivity contribution in [2.75, 3.05) is 19.0 Å². The number of anilines is 1. The van der Waals surface area contributed by atoms with Crippen LogP contribution in [-0.2, 0) is 38.1 Å². The Morgan fingerprint density at radius 3 is 2.27 bits per heavy atom. The van der Waals surface area contributed by atoms with Gasteiger partial charge in [-0.05, 0) is 0 Å². The van der Waals surface area contributed by atoms with Crippen molar-refractivity contribution >= 4 is 40.9 Å². The number of methoxy groups -OCH3 is 1. The summed E-state index contributed by atoms with van der Waals surface area (Å²) >= 11 is 0. The first-order chi connectivity index (χ1) is 15.6. The zero-order chi connectivity index (χ0) is 24.3. The number of fused-ring (bicyclic) bond motifs is 1. The van der Waals surface area contributed by atoms with E-state index >= 15 is 0 Å². The molecule has 0 bridgehead atoms. The first kappa shape index (κ1) is 23.8. The topological polar surface area (TPSA) is 170 Å². The molecule has 0 unspecified atom stereocenters. The van der Waals surface area contributed by atoms with Gasteiger partial charge in [0.05, 0.1) is 13.4 Å². The molecule has 3 heterocycles. The number of ether oxygens (including phenoxy) is 5. The smallest absolute Gasteiger partial charge is 0.303 e. The zero-order valence-electron chi connectivity index (χ0n) is 18.6. The van der Waals surface area contributed by atoms with E-state index in [-0.39, 0.29) is 29.6 Å². The molecule has 1 saturated heterocycles. The van der Waals surface area contributed by atoms with Crippen LogP contribution in [-0.4, -0.2) is 75.4 Å². The molecule has 33 heavy (non-hydrogen) atoms. The van der Waals surface area contributed by atoms with Gasteiger partial charge >= 0.3 is 17.9 Å². The fraction of sp³-hybridized carbons (Fsp3) is 0.526. The maximum absolute atomic E-state index is 11.8. The normalized spacial score (nSPS) is 22.0. The first-order valence-corrected chi connectivity index (χ1v) is 9.80. The van der Waals surface area contributed by atoms with Gasteiger partial charge < -0.3 is 23.7 Å². The highest BCUT2D eigenvalue weighted by Gasteiger charge is 2.51. The third-order valence-corrected chi connectivity index (χ3v) is 4.49. The minimum absolute atomic E-state index is 0.0522. The summed E-state index contributed by atoms with van der Waals surface area (Å²) in [6.45, 7) is 4.62. The van der Waals surface area contributed by atoms with E-state index in [4.69, 9.17) is 23.7 Å². The summed E-state index contributed by atoms with van der Waals surface area (Å²) in [6.07, 6.45) is -2.90. The summed E-state index contributed by atoms with van der Waals surface area (Å²) in [4.78, 5) is 59.0. The average molecular weight is 465 g/mol. The molecule has 0 saturated carbocycles. The minimum Gasteiger partial charge on any atom is -0.479 e. The number of imidazole rings is 1. The average Bonchev–Trinajstić information content (AvgIpc) is 3.26. The number of carbonyl (C=O) groups is 4. The quantitative estimate of drug-likeness (QED) is 0.433. The second-order valence-corrected chi connectivity index (χ2v) is 7.08. The number of hydrogen-bond donors (Lipinski definition) is 1. The number of rotatable bonds is 7. The third-order valence-electron chi connectivity index (χ3n) is 4.49. The highest BCUT2D eigenvalue weighted by molar-refractivity contribution is 5.88. The Bertz CT molecular complexity index is 1090. The van der Waals surface area contributed by atoms with Crippen LogP contribution in [0.2, 0.25) is 0 Å². The minimum atomic E-state index is -1.13. The van der Waals surface area contributed by atoms with Gasteiger partial charge in [-0.2, -0.15) is 9.97 Å². The monoisotopic (exact) mass is 465 g/mol. The molecule has 14 nitrogen and oxygen atoms in total. The number of esters is 3. The van der Waals surface area contributed by atoms with Gasteiger partial charge in [-0.25, -0.2) is 4.98 Å². The van der Waals surface area contributed by atoms with Gasteiger partial charge in [-0.3, -0.25) is 29.1 Å². The second-order valence-electron chi connectivity index (χ2n) is 7.08.